The highest BCUT2D eigenvalue weighted by atomic mass is 32.2. The first-order valence-electron chi connectivity index (χ1n) is 9.29. The first kappa shape index (κ1) is 26.6. The van der Waals surface area contributed by atoms with Gasteiger partial charge in [0, 0.05) is 11.3 Å². The maximum absolute atomic E-state index is 13.0. The van der Waals surface area contributed by atoms with Gasteiger partial charge in [-0.25, -0.2) is 8.42 Å². The molecule has 6 nitrogen and oxygen atoms in total. The van der Waals surface area contributed by atoms with E-state index in [0.29, 0.717) is 12.1 Å². The zero-order valence-corrected chi connectivity index (χ0v) is 17.7. The molecule has 0 bridgehead atoms. The summed E-state index contributed by atoms with van der Waals surface area (Å²) in [7, 11) is -3.50. The number of aliphatic hydroxyl groups is 2. The summed E-state index contributed by atoms with van der Waals surface area (Å²) in [4.78, 5) is 12.5. The number of alkyl halides is 6. The molecule has 0 aromatic heterocycles. The molecule has 0 aliphatic carbocycles. The molecule has 1 amide bonds. The number of nitrogens with one attached hydrogen (secondary N) is 1. The van der Waals surface area contributed by atoms with Gasteiger partial charge < -0.3 is 15.5 Å². The van der Waals surface area contributed by atoms with Gasteiger partial charge in [-0.1, -0.05) is 31.2 Å². The third-order valence-electron chi connectivity index (χ3n) is 4.91. The van der Waals surface area contributed by atoms with Crippen molar-refractivity contribution in [3.05, 3.63) is 59.7 Å². The van der Waals surface area contributed by atoms with Gasteiger partial charge in [0.2, 0.25) is 5.91 Å². The Bertz CT molecular complexity index is 1070. The highest BCUT2D eigenvalue weighted by Crippen LogP contribution is 2.50. The minimum atomic E-state index is -6.05. The van der Waals surface area contributed by atoms with Crippen LogP contribution in [-0.2, 0) is 20.2 Å². The van der Waals surface area contributed by atoms with Crippen molar-refractivity contribution < 1.29 is 49.8 Å². The SMILES string of the molecule is CCS(=O)(=O)c1ccc(C(CO)C(=O)Nc2ccc(C(O)(C(F)(F)F)C(F)(F)F)cc2)cc1. The second-order valence-corrected chi connectivity index (χ2v) is 9.26. The molecule has 0 aliphatic rings. The molecule has 1 unspecified atom stereocenters. The molecule has 0 fully saturated rings. The van der Waals surface area contributed by atoms with E-state index in [1.807, 2.05) is 0 Å². The summed E-state index contributed by atoms with van der Waals surface area (Å²) in [6.45, 7) is 0.731. The van der Waals surface area contributed by atoms with Crippen LogP contribution >= 0.6 is 0 Å². The Hall–Kier alpha value is -2.64. The van der Waals surface area contributed by atoms with Gasteiger partial charge >= 0.3 is 12.4 Å². The largest absolute Gasteiger partial charge is 0.430 e. The molecule has 0 radical (unpaired) electrons. The Balaban J connectivity index is 2.26. The summed E-state index contributed by atoms with van der Waals surface area (Å²) in [6.07, 6.45) is -12.1. The molecule has 0 aliphatic heterocycles. The van der Waals surface area contributed by atoms with Crippen LogP contribution in [0.4, 0.5) is 32.0 Å². The first-order chi connectivity index (χ1) is 15.1. The second kappa shape index (κ2) is 9.31. The van der Waals surface area contributed by atoms with Crippen molar-refractivity contribution >= 4 is 21.4 Å². The van der Waals surface area contributed by atoms with Gasteiger partial charge in [0.15, 0.2) is 9.84 Å². The standard InChI is InChI=1S/C20H19F6NO5S/c1-2-33(31,32)15-9-3-12(4-10-15)16(11-28)17(29)27-14-7-5-13(6-8-14)18(30,19(21,22)23)20(24,25)26/h3-10,16,28,30H,2,11H2,1H3,(H,27,29). The molecule has 13 heteroatoms. The van der Waals surface area contributed by atoms with Gasteiger partial charge in [0.05, 0.1) is 23.2 Å². The molecule has 0 heterocycles. The number of anilines is 1. The number of aliphatic hydroxyl groups excluding tert-OH is 1. The van der Waals surface area contributed by atoms with Crippen molar-refractivity contribution in [2.75, 3.05) is 17.7 Å². The molecule has 182 valence electrons. The highest BCUT2D eigenvalue weighted by molar-refractivity contribution is 7.91. The molecule has 0 saturated carbocycles. The number of rotatable bonds is 7. The van der Waals surface area contributed by atoms with Crippen molar-refractivity contribution in [1.82, 2.24) is 0 Å². The van der Waals surface area contributed by atoms with Crippen LogP contribution in [0.2, 0.25) is 0 Å². The van der Waals surface area contributed by atoms with E-state index in [1.165, 1.54) is 31.2 Å². The lowest BCUT2D eigenvalue weighted by Crippen LogP contribution is -2.53. The Morgan fingerprint density at radius 1 is 0.939 bits per heavy atom. The normalized spacial score (nSPS) is 14.1. The lowest BCUT2D eigenvalue weighted by atomic mass is 9.92. The average Bonchev–Trinajstić information content (AvgIpc) is 2.73. The van der Waals surface area contributed by atoms with E-state index in [0.717, 1.165) is 12.1 Å². The lowest BCUT2D eigenvalue weighted by molar-refractivity contribution is -0.376. The van der Waals surface area contributed by atoms with Gasteiger partial charge in [0.25, 0.3) is 5.60 Å². The fourth-order valence-corrected chi connectivity index (χ4v) is 3.81. The molecule has 0 saturated heterocycles. The van der Waals surface area contributed by atoms with Crippen LogP contribution in [0.25, 0.3) is 0 Å². The van der Waals surface area contributed by atoms with Crippen LogP contribution < -0.4 is 5.32 Å². The van der Waals surface area contributed by atoms with E-state index in [9.17, 15) is 49.8 Å². The van der Waals surface area contributed by atoms with Crippen molar-refractivity contribution in [1.29, 1.82) is 0 Å². The number of hydrogen-bond donors (Lipinski definition) is 3. The fourth-order valence-electron chi connectivity index (χ4n) is 2.93. The molecule has 2 aromatic carbocycles. The van der Waals surface area contributed by atoms with Crippen LogP contribution in [-0.4, -0.2) is 49.3 Å². The Morgan fingerprint density at radius 3 is 1.82 bits per heavy atom. The minimum Gasteiger partial charge on any atom is -0.395 e. The van der Waals surface area contributed by atoms with E-state index in [2.05, 4.69) is 5.32 Å². The van der Waals surface area contributed by atoms with Crippen LogP contribution in [0.5, 0.6) is 0 Å². The Labute approximate surface area is 184 Å². The van der Waals surface area contributed by atoms with Gasteiger partial charge in [0.1, 0.15) is 0 Å². The summed E-state index contributed by atoms with van der Waals surface area (Å²) in [5, 5.41) is 21.2. The lowest BCUT2D eigenvalue weighted by Gasteiger charge is -2.32. The third-order valence-corrected chi connectivity index (χ3v) is 6.66. The number of amides is 1. The number of halogens is 6. The zero-order valence-electron chi connectivity index (χ0n) is 16.9. The molecular formula is C20H19F6NO5S. The first-order valence-corrected chi connectivity index (χ1v) is 10.9. The van der Waals surface area contributed by atoms with Crippen molar-refractivity contribution in [3.8, 4) is 0 Å². The third kappa shape index (κ3) is 5.31. The quantitative estimate of drug-likeness (QED) is 0.506. The van der Waals surface area contributed by atoms with Crippen LogP contribution in [0.15, 0.2) is 53.4 Å². The molecule has 0 spiro atoms. The predicted octanol–water partition coefficient (Wildman–Crippen LogP) is 3.51. The average molecular weight is 499 g/mol. The summed E-state index contributed by atoms with van der Waals surface area (Å²) in [5.41, 5.74) is -6.56. The van der Waals surface area contributed by atoms with Gasteiger partial charge in [-0.3, -0.25) is 4.79 Å². The van der Waals surface area contributed by atoms with Crippen LogP contribution in [0.3, 0.4) is 0 Å². The minimum absolute atomic E-state index is 0.00301. The van der Waals surface area contributed by atoms with E-state index in [4.69, 9.17) is 0 Å². The Morgan fingerprint density at radius 2 is 1.42 bits per heavy atom. The zero-order chi connectivity index (χ0) is 25.2. The smallest absolute Gasteiger partial charge is 0.395 e. The second-order valence-electron chi connectivity index (χ2n) is 6.98. The van der Waals surface area contributed by atoms with Crippen LogP contribution in [0, 0.1) is 0 Å². The number of sulfone groups is 1. The maximum atomic E-state index is 13.0. The van der Waals surface area contributed by atoms with Crippen molar-refractivity contribution in [3.63, 3.8) is 0 Å². The van der Waals surface area contributed by atoms with Crippen molar-refractivity contribution in [2.45, 2.75) is 35.7 Å². The molecule has 33 heavy (non-hydrogen) atoms. The van der Waals surface area contributed by atoms with Crippen LogP contribution in [0.1, 0.15) is 24.0 Å². The predicted molar refractivity (Wildman–Crippen MR) is 105 cm³/mol. The molecule has 3 N–H and O–H groups in total. The van der Waals surface area contributed by atoms with Gasteiger partial charge in [-0.2, -0.15) is 26.3 Å². The van der Waals surface area contributed by atoms with E-state index in [-0.39, 0.29) is 21.9 Å². The molecule has 2 rings (SSSR count). The molecule has 2 aromatic rings. The fraction of sp³-hybridized carbons (Fsp3) is 0.350. The Kier molecular flexibility index (Phi) is 7.51. The molecule has 1 atom stereocenters. The number of carbonyl (C=O) groups excluding carboxylic acids is 1. The van der Waals surface area contributed by atoms with E-state index in [1.54, 1.807) is 0 Å². The molecular weight excluding hydrogens is 480 g/mol. The van der Waals surface area contributed by atoms with Crippen molar-refractivity contribution in [2.24, 2.45) is 0 Å². The number of hydrogen-bond acceptors (Lipinski definition) is 5. The van der Waals surface area contributed by atoms with E-state index >= 15 is 0 Å². The summed E-state index contributed by atoms with van der Waals surface area (Å²) < 4.78 is 101. The van der Waals surface area contributed by atoms with E-state index < -0.39 is 51.8 Å². The highest BCUT2D eigenvalue weighted by Gasteiger charge is 2.71. The van der Waals surface area contributed by atoms with Gasteiger partial charge in [-0.05, 0) is 29.8 Å². The summed E-state index contributed by atoms with van der Waals surface area (Å²) >= 11 is 0. The maximum Gasteiger partial charge on any atom is 0.430 e. The number of benzene rings is 2. The number of carbonyl (C=O) groups is 1. The summed E-state index contributed by atoms with van der Waals surface area (Å²) in [5.74, 6) is -2.20. The monoisotopic (exact) mass is 499 g/mol. The summed E-state index contributed by atoms with van der Waals surface area (Å²) in [6, 6.07) is 7.31. The topological polar surface area (TPSA) is 104 Å². The van der Waals surface area contributed by atoms with Gasteiger partial charge in [-0.15, -0.1) is 0 Å².